The molecule has 2 fully saturated rings. The number of rotatable bonds is 9. The molecular weight excluding hydrogens is 533 g/mol. The first kappa shape index (κ1) is 35.8. The predicted molar refractivity (Wildman–Crippen MR) is 164 cm³/mol. The van der Waals surface area contributed by atoms with Gasteiger partial charge >= 0.3 is 0 Å². The van der Waals surface area contributed by atoms with E-state index < -0.39 is 5.66 Å². The Morgan fingerprint density at radius 3 is 2.40 bits per heavy atom. The minimum absolute atomic E-state index is 0.116. The number of nitrogens with one attached hydrogen (secondary N) is 1. The maximum absolute atomic E-state index is 13.4. The molecule has 1 aliphatic carbocycles. The molecule has 40 heavy (non-hydrogen) atoms. The molecule has 1 saturated carbocycles. The van der Waals surface area contributed by atoms with Crippen molar-refractivity contribution in [1.82, 2.24) is 10.2 Å². The summed E-state index contributed by atoms with van der Waals surface area (Å²) >= 11 is 0. The van der Waals surface area contributed by atoms with Gasteiger partial charge in [-0.2, -0.15) is 8.78 Å². The lowest BCUT2D eigenvalue weighted by atomic mass is 9.63. The summed E-state index contributed by atoms with van der Waals surface area (Å²) in [6.45, 7) is 14.1. The van der Waals surface area contributed by atoms with E-state index in [2.05, 4.69) is 24.1 Å². The molecule has 0 amide bonds. The number of hydrogen-bond donors (Lipinski definition) is 5. The Balaban J connectivity index is 0.000000609. The number of carbonyl (C=O) groups excluding carboxylic acids is 1. The number of benzene rings is 1. The number of piperidine rings is 1. The van der Waals surface area contributed by atoms with Gasteiger partial charge in [0.2, 0.25) is 0 Å². The van der Waals surface area contributed by atoms with E-state index >= 15 is 0 Å². The van der Waals surface area contributed by atoms with E-state index in [-0.39, 0.29) is 34.4 Å². The lowest BCUT2D eigenvalue weighted by molar-refractivity contribution is -0.118. The molecule has 0 bridgehead atoms. The van der Waals surface area contributed by atoms with Crippen LogP contribution in [-0.4, -0.2) is 53.2 Å². The maximum atomic E-state index is 13.4. The smallest absolute Gasteiger partial charge is 0.284 e. The fourth-order valence-electron chi connectivity index (χ4n) is 5.15. The van der Waals surface area contributed by atoms with Gasteiger partial charge in [-0.1, -0.05) is 49.4 Å². The number of hydrogen-bond acceptors (Lipinski definition) is 7. The van der Waals surface area contributed by atoms with E-state index in [1.807, 2.05) is 13.8 Å². The van der Waals surface area contributed by atoms with E-state index in [1.165, 1.54) is 40.6 Å². The third kappa shape index (κ3) is 11.3. The van der Waals surface area contributed by atoms with Crippen molar-refractivity contribution in [2.75, 3.05) is 26.2 Å². The van der Waals surface area contributed by atoms with Crippen molar-refractivity contribution in [2.45, 2.75) is 85.4 Å². The van der Waals surface area contributed by atoms with Gasteiger partial charge in [-0.15, -0.1) is 0 Å². The van der Waals surface area contributed by atoms with Crippen LogP contribution in [0.15, 0.2) is 35.7 Å². The van der Waals surface area contributed by atoms with Crippen LogP contribution in [0.3, 0.4) is 0 Å². The van der Waals surface area contributed by atoms with E-state index in [1.54, 1.807) is 19.9 Å². The number of Topliss-reactive ketones (excluding diaryl/α,β-unsaturated/α-hetero) is 1. The van der Waals surface area contributed by atoms with Crippen LogP contribution in [-0.2, 0) is 10.5 Å². The quantitative estimate of drug-likeness (QED) is 0.198. The van der Waals surface area contributed by atoms with Gasteiger partial charge in [-0.3, -0.25) is 9.69 Å². The molecule has 1 aliphatic heterocycles. The molecule has 2 unspecified atom stereocenters. The van der Waals surface area contributed by atoms with Crippen LogP contribution in [0.2, 0.25) is 0 Å². The van der Waals surface area contributed by atoms with Crippen molar-refractivity contribution in [1.29, 1.82) is 0 Å². The Kier molecular flexibility index (Phi) is 14.6. The summed E-state index contributed by atoms with van der Waals surface area (Å²) in [5, 5.41) is 22.2. The Labute approximate surface area is 241 Å². The first-order chi connectivity index (χ1) is 18.7. The lowest BCUT2D eigenvalue weighted by Crippen LogP contribution is -2.47. The zero-order valence-corrected chi connectivity index (χ0v) is 26.2. The fraction of sp³-hybridized carbons (Fsp3) is 0.633. The van der Waals surface area contributed by atoms with E-state index in [4.69, 9.17) is 16.6 Å². The van der Waals surface area contributed by atoms with Crippen LogP contribution in [0, 0.1) is 11.3 Å². The number of carbonyl (C=O) groups is 1. The van der Waals surface area contributed by atoms with Crippen molar-refractivity contribution in [3.8, 4) is 5.75 Å². The molecule has 7 nitrogen and oxygen atoms in total. The molecule has 228 valence electrons. The van der Waals surface area contributed by atoms with Crippen LogP contribution in [0.4, 0.5) is 8.78 Å². The van der Waals surface area contributed by atoms with Crippen LogP contribution in [0.5, 0.6) is 5.75 Å². The number of likely N-dealkylation sites (tertiary alicyclic amines) is 1. The van der Waals surface area contributed by atoms with Crippen molar-refractivity contribution in [3.63, 3.8) is 0 Å². The van der Waals surface area contributed by atoms with Crippen LogP contribution in [0.1, 0.15) is 84.8 Å². The monoisotopic (exact) mass is 584 g/mol. The molecule has 2 atom stereocenters. The number of phenols is 1. The maximum Gasteiger partial charge on any atom is 0.284 e. The second kappa shape index (κ2) is 16.3. The van der Waals surface area contributed by atoms with Gasteiger partial charge in [0.25, 0.3) is 5.66 Å². The zero-order valence-electron chi connectivity index (χ0n) is 25.1. The zero-order chi connectivity index (χ0) is 30.7. The molecule has 0 radical (unpaired) electrons. The van der Waals surface area contributed by atoms with E-state index in [9.17, 15) is 18.7 Å². The third-order valence-corrected chi connectivity index (χ3v) is 7.65. The molecule has 1 aromatic rings. The van der Waals surface area contributed by atoms with Gasteiger partial charge in [-0.25, -0.2) is 0 Å². The minimum Gasteiger partial charge on any atom is -0.507 e. The number of alkyl halides is 2. The average molecular weight is 585 g/mol. The normalized spacial score (nSPS) is 23.9. The molecular formula is C30H51F2N4O3P. The molecule has 1 saturated heterocycles. The summed E-state index contributed by atoms with van der Waals surface area (Å²) in [5.41, 5.74) is 10.1. The number of allylic oxidation sites excluding steroid dienone is 2. The SMILES string of the molecule is CC.CC(=O)CN1CCCC(N/C(N)=C/C(C)=C(\N)c2ccc(C(F)(F)P)cc2O)C1.CCC1CC(C)(CO)C1. The number of phenolic OH excluding ortho intramolecular Hbond substituents is 1. The summed E-state index contributed by atoms with van der Waals surface area (Å²) in [4.78, 5) is 13.4. The number of aliphatic hydroxyl groups is 1. The average Bonchev–Trinajstić information content (AvgIpc) is 2.87. The number of aromatic hydroxyl groups is 1. The highest BCUT2D eigenvalue weighted by Crippen LogP contribution is 2.46. The first-order valence-electron chi connectivity index (χ1n) is 14.2. The summed E-state index contributed by atoms with van der Waals surface area (Å²) in [7, 11) is 1.43. The Bertz CT molecular complexity index is 1020. The number of nitrogens with zero attached hydrogens (tertiary/aromatic N) is 1. The van der Waals surface area contributed by atoms with Gasteiger partial charge in [0.05, 0.1) is 12.4 Å². The van der Waals surface area contributed by atoms with Gasteiger partial charge in [0.1, 0.15) is 11.5 Å². The molecule has 1 heterocycles. The largest absolute Gasteiger partial charge is 0.507 e. The second-order valence-corrected chi connectivity index (χ2v) is 11.8. The van der Waals surface area contributed by atoms with Gasteiger partial charge in [-0.05, 0) is 81.2 Å². The van der Waals surface area contributed by atoms with E-state index in [0.29, 0.717) is 30.0 Å². The molecule has 7 N–H and O–H groups in total. The number of aliphatic hydroxyl groups excluding tert-OH is 1. The molecule has 0 spiro atoms. The highest BCUT2D eigenvalue weighted by Gasteiger charge is 2.38. The first-order valence-corrected chi connectivity index (χ1v) is 14.8. The van der Waals surface area contributed by atoms with E-state index in [0.717, 1.165) is 37.9 Å². The standard InChI is InChI=1S/C20H29F2N4O2P.C8H16O.C2H6/c1-12(19(24)16-6-5-14(9-17(16)28)20(21,22)29)8-18(23)25-15-4-3-7-26(11-15)10-13(2)27;1-3-7-4-8(2,5-7)6-9;1-2/h5-6,8-9,15,25,28H,3-4,7,10-11,23-24,29H2,1-2H3;7,9H,3-6H2,1-2H3;1-2H3/b18-8+,19-12-;;. The highest BCUT2D eigenvalue weighted by molar-refractivity contribution is 7.17. The lowest BCUT2D eigenvalue weighted by Gasteiger charge is -2.43. The third-order valence-electron chi connectivity index (χ3n) is 7.31. The van der Waals surface area contributed by atoms with Crippen LogP contribution >= 0.6 is 9.24 Å². The number of nitrogens with two attached hydrogens (primary N) is 2. The molecule has 3 rings (SSSR count). The molecule has 1 aromatic carbocycles. The minimum atomic E-state index is -3.13. The Morgan fingerprint density at radius 2 is 1.90 bits per heavy atom. The van der Waals surface area contributed by atoms with Gasteiger partial charge < -0.3 is 27.0 Å². The number of ketones is 1. The van der Waals surface area contributed by atoms with Crippen LogP contribution < -0.4 is 16.8 Å². The van der Waals surface area contributed by atoms with Gasteiger partial charge in [0, 0.05) is 36.0 Å². The molecule has 10 heteroatoms. The number of halogens is 2. The van der Waals surface area contributed by atoms with Crippen molar-refractivity contribution in [3.05, 3.63) is 46.8 Å². The predicted octanol–water partition coefficient (Wildman–Crippen LogP) is 5.28. The van der Waals surface area contributed by atoms with Crippen LogP contribution in [0.25, 0.3) is 5.70 Å². The molecule has 0 aromatic heterocycles. The summed E-state index contributed by atoms with van der Waals surface area (Å²) in [5.74, 6) is 1.12. The summed E-state index contributed by atoms with van der Waals surface area (Å²) in [6, 6.07) is 3.70. The fourth-order valence-corrected chi connectivity index (χ4v) is 5.33. The summed E-state index contributed by atoms with van der Waals surface area (Å²) in [6.07, 6.45) is 7.31. The van der Waals surface area contributed by atoms with Crippen molar-refractivity contribution in [2.24, 2.45) is 22.8 Å². The molecule has 2 aliphatic rings. The Hall–Kier alpha value is -2.22. The van der Waals surface area contributed by atoms with Gasteiger partial charge in [0.15, 0.2) is 0 Å². The van der Waals surface area contributed by atoms with Crippen molar-refractivity contribution >= 4 is 20.7 Å². The topological polar surface area (TPSA) is 125 Å². The Morgan fingerprint density at radius 1 is 1.27 bits per heavy atom. The van der Waals surface area contributed by atoms with Crippen molar-refractivity contribution < 1.29 is 23.8 Å². The highest BCUT2D eigenvalue weighted by atomic mass is 31.0. The summed E-state index contributed by atoms with van der Waals surface area (Å²) < 4.78 is 26.7. The second-order valence-electron chi connectivity index (χ2n) is 11.1.